The molecule has 6 heteroatoms. The van der Waals surface area contributed by atoms with Gasteiger partial charge < -0.3 is 4.74 Å². The Balaban J connectivity index is 4.89. The van der Waals surface area contributed by atoms with Crippen LogP contribution in [0.3, 0.4) is 0 Å². The average Bonchev–Trinajstić information content (AvgIpc) is 1.82. The Kier molecular flexibility index (Phi) is 7.05. The molecule has 13 heavy (non-hydrogen) atoms. The number of ether oxygens (including phenoxy) is 1. The summed E-state index contributed by atoms with van der Waals surface area (Å²) in [7, 11) is -1.31. The van der Waals surface area contributed by atoms with Crippen molar-refractivity contribution in [2.45, 2.75) is 26.6 Å². The van der Waals surface area contributed by atoms with Crippen LogP contribution in [0.25, 0.3) is 0 Å². The maximum absolute atomic E-state index is 5.48. The van der Waals surface area contributed by atoms with Crippen LogP contribution in [0, 0.1) is 0 Å². The highest BCUT2D eigenvalue weighted by molar-refractivity contribution is 9.70. The fourth-order valence-electron chi connectivity index (χ4n) is 0.810. The second kappa shape index (κ2) is 6.26. The van der Waals surface area contributed by atoms with Gasteiger partial charge in [-0.05, 0) is 53.8 Å². The zero-order chi connectivity index (χ0) is 10.6. The molecule has 0 amide bonds. The van der Waals surface area contributed by atoms with Crippen molar-refractivity contribution in [2.24, 2.45) is 0 Å². The minimum Gasteiger partial charge on any atom is -0.487 e. The molecule has 0 saturated heterocycles. The van der Waals surface area contributed by atoms with Crippen molar-refractivity contribution in [1.29, 1.82) is 0 Å². The van der Waals surface area contributed by atoms with E-state index in [-0.39, 0.29) is 0 Å². The van der Waals surface area contributed by atoms with Gasteiger partial charge in [0.2, 0.25) is 0 Å². The molecule has 0 aromatic heterocycles. The highest BCUT2D eigenvalue weighted by atomic mass is 79.9. The number of hydrogen-bond donors (Lipinski definition) is 0. The first-order chi connectivity index (χ1) is 5.80. The molecule has 0 aromatic rings. The SMILES string of the molecule is CCO/C(Br)=C(\P(Br)Br)[Si](C)(C)C. The van der Waals surface area contributed by atoms with Crippen LogP contribution in [0.5, 0.6) is 0 Å². The van der Waals surface area contributed by atoms with E-state index >= 15 is 0 Å². The van der Waals surface area contributed by atoms with Crippen molar-refractivity contribution >= 4 is 60.3 Å². The molecule has 0 saturated carbocycles. The van der Waals surface area contributed by atoms with E-state index in [0.717, 1.165) is 4.67 Å². The van der Waals surface area contributed by atoms with Crippen molar-refractivity contribution < 1.29 is 4.74 Å². The molecule has 0 aliphatic carbocycles. The van der Waals surface area contributed by atoms with Gasteiger partial charge in [0, 0.05) is 4.94 Å². The molecule has 78 valence electrons. The quantitative estimate of drug-likeness (QED) is 0.333. The molecular formula is C7H14Br3OPSi. The van der Waals surface area contributed by atoms with E-state index in [0.29, 0.717) is 6.61 Å². The summed E-state index contributed by atoms with van der Waals surface area (Å²) in [5.41, 5.74) is 0. The molecule has 0 spiro atoms. The molecule has 0 fully saturated rings. The molecule has 0 aliphatic rings. The third-order valence-electron chi connectivity index (χ3n) is 1.34. The summed E-state index contributed by atoms with van der Waals surface area (Å²) >= 11 is 10.7. The minimum absolute atomic E-state index is 0.408. The van der Waals surface area contributed by atoms with Gasteiger partial charge >= 0.3 is 0 Å². The molecule has 0 aromatic carbocycles. The Morgan fingerprint density at radius 2 is 1.77 bits per heavy atom. The lowest BCUT2D eigenvalue weighted by atomic mass is 10.9. The molecule has 0 bridgehead atoms. The summed E-state index contributed by atoms with van der Waals surface area (Å²) in [5.74, 6) is 0. The smallest absolute Gasteiger partial charge is 0.163 e. The third-order valence-corrected chi connectivity index (χ3v) is 11.6. The van der Waals surface area contributed by atoms with Gasteiger partial charge in [-0.2, -0.15) is 0 Å². The van der Waals surface area contributed by atoms with Crippen molar-refractivity contribution in [3.8, 4) is 0 Å². The Hall–Kier alpha value is 1.63. The van der Waals surface area contributed by atoms with Crippen LogP contribution in [-0.2, 0) is 4.74 Å². The number of hydrogen-bond acceptors (Lipinski definition) is 1. The van der Waals surface area contributed by atoms with Crippen molar-refractivity contribution in [2.75, 3.05) is 6.61 Å². The predicted molar refractivity (Wildman–Crippen MR) is 75.7 cm³/mol. The molecule has 0 atom stereocenters. The summed E-state index contributed by atoms with van der Waals surface area (Å²) in [4.78, 5) is 1.38. The fraction of sp³-hybridized carbons (Fsp3) is 0.714. The molecular weight excluding hydrogens is 399 g/mol. The highest BCUT2D eigenvalue weighted by Crippen LogP contribution is 2.63. The maximum Gasteiger partial charge on any atom is 0.163 e. The van der Waals surface area contributed by atoms with Crippen molar-refractivity contribution in [3.63, 3.8) is 0 Å². The largest absolute Gasteiger partial charge is 0.487 e. The van der Waals surface area contributed by atoms with Gasteiger partial charge in [-0.3, -0.25) is 0 Å². The zero-order valence-electron chi connectivity index (χ0n) is 8.20. The first kappa shape index (κ1) is 14.6. The minimum atomic E-state index is -1.31. The molecule has 1 nitrogen and oxygen atoms in total. The van der Waals surface area contributed by atoms with Gasteiger partial charge in [-0.15, -0.1) is 0 Å². The first-order valence-electron chi connectivity index (χ1n) is 3.95. The van der Waals surface area contributed by atoms with Gasteiger partial charge in [0.25, 0.3) is 0 Å². The van der Waals surface area contributed by atoms with Gasteiger partial charge in [0.1, 0.15) is 0 Å². The summed E-state index contributed by atoms with van der Waals surface area (Å²) < 4.78 is 6.39. The van der Waals surface area contributed by atoms with E-state index in [4.69, 9.17) is 4.74 Å². The molecule has 0 N–H and O–H groups in total. The number of halogens is 3. The molecule has 0 aliphatic heterocycles. The molecule has 0 rings (SSSR count). The van der Waals surface area contributed by atoms with Crippen LogP contribution in [0.15, 0.2) is 9.61 Å². The van der Waals surface area contributed by atoms with E-state index in [9.17, 15) is 0 Å². The zero-order valence-corrected chi connectivity index (χ0v) is 14.8. The van der Waals surface area contributed by atoms with Gasteiger partial charge in [0.15, 0.2) is 4.67 Å². The van der Waals surface area contributed by atoms with Crippen LogP contribution in [0.4, 0.5) is 0 Å². The number of rotatable bonds is 4. The monoisotopic (exact) mass is 410 g/mol. The van der Waals surface area contributed by atoms with Crippen LogP contribution in [0.1, 0.15) is 6.92 Å². The fourth-order valence-corrected chi connectivity index (χ4v) is 18.2. The van der Waals surface area contributed by atoms with E-state index < -0.39 is 13.4 Å². The summed E-state index contributed by atoms with van der Waals surface area (Å²) in [6.07, 6.45) is 0. The Labute approximate surface area is 107 Å². The molecule has 0 unspecified atom stereocenters. The lowest BCUT2D eigenvalue weighted by molar-refractivity contribution is 0.260. The average molecular weight is 413 g/mol. The lowest BCUT2D eigenvalue weighted by Gasteiger charge is -2.23. The van der Waals surface area contributed by atoms with Gasteiger partial charge in [-0.25, -0.2) is 0 Å². The van der Waals surface area contributed by atoms with Crippen LogP contribution < -0.4 is 0 Å². The predicted octanol–water partition coefficient (Wildman–Crippen LogP) is 5.57. The van der Waals surface area contributed by atoms with Crippen molar-refractivity contribution in [3.05, 3.63) is 9.61 Å². The lowest BCUT2D eigenvalue weighted by Crippen LogP contribution is -2.23. The van der Waals surface area contributed by atoms with E-state index in [1.54, 1.807) is 0 Å². The van der Waals surface area contributed by atoms with E-state index in [1.807, 2.05) is 6.92 Å². The van der Waals surface area contributed by atoms with E-state index in [1.165, 1.54) is 4.94 Å². The summed E-state index contributed by atoms with van der Waals surface area (Å²) in [5, 5.41) is -0.408. The maximum atomic E-state index is 5.48. The second-order valence-corrected chi connectivity index (χ2v) is 17.7. The third kappa shape index (κ3) is 5.31. The molecule has 0 heterocycles. The highest BCUT2D eigenvalue weighted by Gasteiger charge is 2.28. The van der Waals surface area contributed by atoms with Gasteiger partial charge in [-0.1, -0.05) is 19.6 Å². The van der Waals surface area contributed by atoms with Crippen LogP contribution in [-0.4, -0.2) is 14.7 Å². The normalized spacial score (nSPS) is 14.5. The van der Waals surface area contributed by atoms with Crippen molar-refractivity contribution in [1.82, 2.24) is 0 Å². The van der Waals surface area contributed by atoms with Crippen LogP contribution >= 0.6 is 52.2 Å². The molecule has 0 radical (unpaired) electrons. The second-order valence-electron chi connectivity index (χ2n) is 3.54. The van der Waals surface area contributed by atoms with Gasteiger partial charge in [0.05, 0.1) is 20.0 Å². The summed E-state index contributed by atoms with van der Waals surface area (Å²) in [6, 6.07) is 0. The van der Waals surface area contributed by atoms with Crippen LogP contribution in [0.2, 0.25) is 19.6 Å². The standard InChI is InChI=1S/C7H14Br3OPSi/c1-5-11-6(8)7(12(9)10)13(2,3)4/h5H2,1-4H3/b7-6+. The Morgan fingerprint density at radius 1 is 1.31 bits per heavy atom. The Morgan fingerprint density at radius 3 is 2.00 bits per heavy atom. The van der Waals surface area contributed by atoms with E-state index in [2.05, 4.69) is 66.5 Å². The first-order valence-corrected chi connectivity index (χ1v) is 13.6. The summed E-state index contributed by atoms with van der Waals surface area (Å²) in [6.45, 7) is 9.62. The Bertz CT molecular complexity index is 200. The topological polar surface area (TPSA) is 9.23 Å².